The van der Waals surface area contributed by atoms with E-state index in [1.165, 1.54) is 11.5 Å². The lowest BCUT2D eigenvalue weighted by molar-refractivity contribution is 1.18. The zero-order valence-corrected chi connectivity index (χ0v) is 7.96. The molecular weight excluding hydrogens is 196 g/mol. The Morgan fingerprint density at radius 3 is 2.91 bits per heavy atom. The number of aromatic nitrogens is 2. The number of benzene rings is 1. The minimum absolute atomic E-state index is 0.834. The summed E-state index contributed by atoms with van der Waals surface area (Å²) in [6.07, 6.45) is 0. The number of fused-ring (bicyclic) bond motifs is 1. The monoisotopic (exact) mass is 200 g/mol. The Balaban J connectivity index is 2.91. The van der Waals surface area contributed by atoms with Crippen LogP contribution in [0.4, 0.5) is 0 Å². The van der Waals surface area contributed by atoms with Gasteiger partial charge in [-0.25, -0.2) is 0 Å². The van der Waals surface area contributed by atoms with E-state index in [4.69, 9.17) is 0 Å². The zero-order chi connectivity index (χ0) is 7.84. The maximum atomic E-state index is 4.24. The fraction of sp³-hybridized carbons (Fsp3) is 0. The van der Waals surface area contributed by atoms with E-state index in [0.717, 1.165) is 20.0 Å². The third-order valence-corrected chi connectivity index (χ3v) is 2.59. The average Bonchev–Trinajstić information content (AvgIpc) is 2.34. The first kappa shape index (κ1) is 7.39. The lowest BCUT2D eigenvalue weighted by Gasteiger charge is -1.93. The Morgan fingerprint density at radius 1 is 1.27 bits per heavy atom. The van der Waals surface area contributed by atoms with E-state index >= 15 is 0 Å². The van der Waals surface area contributed by atoms with Crippen LogP contribution < -0.4 is 0 Å². The summed E-state index contributed by atoms with van der Waals surface area (Å²) in [5, 5.41) is 3.92. The predicted molar refractivity (Wildman–Crippen MR) is 51.9 cm³/mol. The quantitative estimate of drug-likeness (QED) is 0.638. The van der Waals surface area contributed by atoms with Crippen LogP contribution in [0.25, 0.3) is 10.2 Å². The van der Waals surface area contributed by atoms with Gasteiger partial charge in [0.1, 0.15) is 5.52 Å². The summed E-state index contributed by atoms with van der Waals surface area (Å²) in [5.74, 6) is 0. The molecule has 2 aromatic rings. The van der Waals surface area contributed by atoms with Crippen molar-refractivity contribution >= 4 is 47.0 Å². The van der Waals surface area contributed by atoms with Crippen molar-refractivity contribution in [1.29, 1.82) is 0 Å². The Kier molecular flexibility index (Phi) is 1.78. The SMILES string of the molecule is Sc1cc(S)c2nnsc2c1. The van der Waals surface area contributed by atoms with Crippen LogP contribution in [0.3, 0.4) is 0 Å². The summed E-state index contributed by atoms with van der Waals surface area (Å²) in [7, 11) is 0. The molecule has 0 saturated carbocycles. The molecule has 1 aromatic carbocycles. The molecule has 0 spiro atoms. The van der Waals surface area contributed by atoms with Gasteiger partial charge in [0.05, 0.1) is 4.70 Å². The Bertz CT molecular complexity index is 396. The highest BCUT2D eigenvalue weighted by Crippen LogP contribution is 2.25. The lowest BCUT2D eigenvalue weighted by Crippen LogP contribution is -1.72. The number of nitrogens with zero attached hydrogens (tertiary/aromatic N) is 2. The first-order valence-electron chi connectivity index (χ1n) is 2.91. The van der Waals surface area contributed by atoms with Crippen molar-refractivity contribution < 1.29 is 0 Å². The summed E-state index contributed by atoms with van der Waals surface area (Å²) in [4.78, 5) is 1.73. The van der Waals surface area contributed by atoms with Crippen LogP contribution in [0.15, 0.2) is 21.9 Å². The highest BCUT2D eigenvalue weighted by Gasteiger charge is 2.02. The maximum Gasteiger partial charge on any atom is 0.119 e. The minimum Gasteiger partial charge on any atom is -0.143 e. The van der Waals surface area contributed by atoms with E-state index in [9.17, 15) is 0 Å². The second kappa shape index (κ2) is 2.66. The van der Waals surface area contributed by atoms with Crippen LogP contribution >= 0.6 is 36.8 Å². The van der Waals surface area contributed by atoms with Crippen molar-refractivity contribution in [3.05, 3.63) is 12.1 Å². The van der Waals surface area contributed by atoms with Crippen molar-refractivity contribution in [3.63, 3.8) is 0 Å². The van der Waals surface area contributed by atoms with Crippen LogP contribution in [0.1, 0.15) is 0 Å². The molecule has 0 saturated heterocycles. The van der Waals surface area contributed by atoms with Crippen LogP contribution in [0.2, 0.25) is 0 Å². The molecule has 1 heterocycles. The molecule has 0 fully saturated rings. The number of hydrogen-bond acceptors (Lipinski definition) is 5. The van der Waals surface area contributed by atoms with Gasteiger partial charge in [-0.05, 0) is 23.7 Å². The molecule has 0 amide bonds. The van der Waals surface area contributed by atoms with Gasteiger partial charge in [0.25, 0.3) is 0 Å². The summed E-state index contributed by atoms with van der Waals surface area (Å²) in [6, 6.07) is 3.79. The van der Waals surface area contributed by atoms with Crippen molar-refractivity contribution in [2.45, 2.75) is 9.79 Å². The van der Waals surface area contributed by atoms with Crippen LogP contribution in [0, 0.1) is 0 Å². The van der Waals surface area contributed by atoms with Crippen LogP contribution in [0.5, 0.6) is 0 Å². The Morgan fingerprint density at radius 2 is 2.09 bits per heavy atom. The molecular formula is C6H4N2S3. The zero-order valence-electron chi connectivity index (χ0n) is 5.35. The normalized spacial score (nSPS) is 10.7. The van der Waals surface area contributed by atoms with Gasteiger partial charge in [0.15, 0.2) is 0 Å². The van der Waals surface area contributed by atoms with Gasteiger partial charge in [-0.3, -0.25) is 0 Å². The van der Waals surface area contributed by atoms with Crippen LogP contribution in [-0.2, 0) is 0 Å². The minimum atomic E-state index is 0.834. The number of hydrogen-bond donors (Lipinski definition) is 2. The molecule has 2 rings (SSSR count). The Labute approximate surface area is 78.6 Å². The fourth-order valence-electron chi connectivity index (χ4n) is 0.854. The molecule has 56 valence electrons. The molecule has 1 aromatic heterocycles. The molecule has 0 unspecified atom stereocenters. The van der Waals surface area contributed by atoms with Crippen molar-refractivity contribution in [3.8, 4) is 0 Å². The molecule has 0 radical (unpaired) electrons. The standard InChI is InChI=1S/C6H4N2S3/c9-3-1-4(10)6-5(2-3)11-8-7-6/h1-2,9-10H. The first-order chi connectivity index (χ1) is 5.27. The molecule has 0 aliphatic rings. The smallest absolute Gasteiger partial charge is 0.119 e. The lowest BCUT2D eigenvalue weighted by atomic mass is 10.3. The topological polar surface area (TPSA) is 25.8 Å². The third-order valence-electron chi connectivity index (χ3n) is 1.32. The fourth-order valence-corrected chi connectivity index (χ4v) is 2.31. The summed E-state index contributed by atoms with van der Waals surface area (Å²) in [5.41, 5.74) is 0.858. The highest BCUT2D eigenvalue weighted by molar-refractivity contribution is 7.81. The van der Waals surface area contributed by atoms with Gasteiger partial charge in [-0.2, -0.15) is 0 Å². The van der Waals surface area contributed by atoms with Gasteiger partial charge < -0.3 is 0 Å². The molecule has 0 bridgehead atoms. The highest BCUT2D eigenvalue weighted by atomic mass is 32.1. The molecule has 0 N–H and O–H groups in total. The van der Waals surface area contributed by atoms with Crippen molar-refractivity contribution in [1.82, 2.24) is 9.59 Å². The van der Waals surface area contributed by atoms with Gasteiger partial charge in [0, 0.05) is 9.79 Å². The molecule has 0 atom stereocenters. The van der Waals surface area contributed by atoms with E-state index in [1.54, 1.807) is 0 Å². The summed E-state index contributed by atoms with van der Waals surface area (Å²) >= 11 is 9.81. The summed E-state index contributed by atoms with van der Waals surface area (Å²) < 4.78 is 4.84. The third kappa shape index (κ3) is 1.23. The largest absolute Gasteiger partial charge is 0.143 e. The molecule has 0 aliphatic carbocycles. The van der Waals surface area contributed by atoms with E-state index in [1.807, 2.05) is 12.1 Å². The van der Waals surface area contributed by atoms with Crippen molar-refractivity contribution in [2.24, 2.45) is 0 Å². The second-order valence-corrected chi connectivity index (χ2v) is 3.87. The first-order valence-corrected chi connectivity index (χ1v) is 4.58. The molecule has 5 heteroatoms. The van der Waals surface area contributed by atoms with E-state index in [2.05, 4.69) is 34.8 Å². The van der Waals surface area contributed by atoms with E-state index < -0.39 is 0 Å². The summed E-state index contributed by atoms with van der Waals surface area (Å²) in [6.45, 7) is 0. The van der Waals surface area contributed by atoms with Crippen molar-refractivity contribution in [2.75, 3.05) is 0 Å². The van der Waals surface area contributed by atoms with E-state index in [-0.39, 0.29) is 0 Å². The molecule has 11 heavy (non-hydrogen) atoms. The molecule has 0 aliphatic heterocycles. The van der Waals surface area contributed by atoms with Gasteiger partial charge >= 0.3 is 0 Å². The number of thiol groups is 2. The predicted octanol–water partition coefficient (Wildman–Crippen LogP) is 2.27. The van der Waals surface area contributed by atoms with Crippen LogP contribution in [-0.4, -0.2) is 9.59 Å². The second-order valence-electron chi connectivity index (χ2n) is 2.08. The number of rotatable bonds is 0. The Hall–Kier alpha value is -0.260. The molecule has 2 nitrogen and oxygen atoms in total. The van der Waals surface area contributed by atoms with E-state index in [0.29, 0.717) is 0 Å². The maximum absolute atomic E-state index is 4.24. The van der Waals surface area contributed by atoms with Gasteiger partial charge in [-0.1, -0.05) is 4.49 Å². The van der Waals surface area contributed by atoms with Gasteiger partial charge in [0.2, 0.25) is 0 Å². The van der Waals surface area contributed by atoms with Gasteiger partial charge in [-0.15, -0.1) is 30.4 Å². The average molecular weight is 200 g/mol.